The molecule has 0 spiro atoms. The van der Waals surface area contributed by atoms with Gasteiger partial charge in [0, 0.05) is 11.1 Å². The zero-order chi connectivity index (χ0) is 16.9. The molecule has 4 heteroatoms. The van der Waals surface area contributed by atoms with Gasteiger partial charge in [-0.15, -0.1) is 0 Å². The van der Waals surface area contributed by atoms with Crippen LogP contribution in [0.4, 0.5) is 0 Å². The van der Waals surface area contributed by atoms with E-state index in [1.807, 2.05) is 39.3 Å². The van der Waals surface area contributed by atoms with Crippen LogP contribution in [0.5, 0.6) is 5.75 Å². The normalized spacial score (nSPS) is 12.7. The molecule has 0 saturated heterocycles. The van der Waals surface area contributed by atoms with Crippen LogP contribution in [-0.4, -0.2) is 55.8 Å². The highest BCUT2D eigenvalue weighted by molar-refractivity contribution is 6.08. The van der Waals surface area contributed by atoms with Crippen molar-refractivity contribution in [1.29, 1.82) is 0 Å². The number of likely N-dealkylation sites (N-methyl/N-ethyl adjacent to an activating group) is 1. The summed E-state index contributed by atoms with van der Waals surface area (Å²) in [5.41, 5.74) is 1.29. The summed E-state index contributed by atoms with van der Waals surface area (Å²) < 4.78 is 6.26. The van der Waals surface area contributed by atoms with Crippen LogP contribution >= 0.6 is 0 Å². The molecule has 0 aliphatic heterocycles. The third-order valence-electron chi connectivity index (χ3n) is 3.35. The van der Waals surface area contributed by atoms with E-state index in [-0.39, 0.29) is 12.4 Å². The number of carbonyl (C=O) groups excluding carboxylic acids is 1. The van der Waals surface area contributed by atoms with E-state index in [1.54, 1.807) is 36.4 Å². The lowest BCUT2D eigenvalue weighted by atomic mass is 10.0. The van der Waals surface area contributed by atoms with E-state index in [1.165, 1.54) is 0 Å². The fraction of sp³-hybridized carbons (Fsp3) is 0.316. The van der Waals surface area contributed by atoms with Crippen LogP contribution < -0.4 is 4.74 Å². The zero-order valence-electron chi connectivity index (χ0n) is 13.9. The second kappa shape index (κ2) is 7.40. The van der Waals surface area contributed by atoms with Crippen LogP contribution in [-0.2, 0) is 0 Å². The summed E-state index contributed by atoms with van der Waals surface area (Å²) >= 11 is 0. The van der Waals surface area contributed by atoms with Gasteiger partial charge < -0.3 is 14.3 Å². The number of aliphatic hydroxyl groups is 1. The van der Waals surface area contributed by atoms with Crippen molar-refractivity contribution < 1.29 is 19.1 Å². The van der Waals surface area contributed by atoms with Crippen molar-refractivity contribution in [2.24, 2.45) is 0 Å². The maximum atomic E-state index is 12.3. The van der Waals surface area contributed by atoms with Gasteiger partial charge in [0.1, 0.15) is 25.0 Å². The first-order valence-electron chi connectivity index (χ1n) is 7.66. The molecule has 0 aliphatic rings. The fourth-order valence-corrected chi connectivity index (χ4v) is 2.34. The van der Waals surface area contributed by atoms with Gasteiger partial charge in [-0.25, -0.2) is 0 Å². The number of hydrogen-bond donors (Lipinski definition) is 1. The standard InChI is InChI=1S/C19H24NO3/c1-20(2,3)13-17(21)14-23-18-11-9-16(10-12-18)19(22)15-7-5-4-6-8-15/h4-12,17,21H,13-14H2,1-3H3/q+1. The minimum absolute atomic E-state index is 0.0118. The molecule has 1 atom stereocenters. The van der Waals surface area contributed by atoms with Gasteiger partial charge in [-0.3, -0.25) is 4.79 Å². The largest absolute Gasteiger partial charge is 0.491 e. The highest BCUT2D eigenvalue weighted by atomic mass is 16.5. The second-order valence-corrected chi connectivity index (χ2v) is 6.66. The number of ketones is 1. The molecule has 122 valence electrons. The summed E-state index contributed by atoms with van der Waals surface area (Å²) in [5.74, 6) is 0.636. The predicted octanol–water partition coefficient (Wildman–Crippen LogP) is 2.36. The molecule has 2 rings (SSSR count). The number of rotatable bonds is 7. The lowest BCUT2D eigenvalue weighted by Gasteiger charge is -2.26. The highest BCUT2D eigenvalue weighted by Gasteiger charge is 2.16. The maximum Gasteiger partial charge on any atom is 0.193 e. The van der Waals surface area contributed by atoms with Crippen LogP contribution in [0.25, 0.3) is 0 Å². The molecule has 0 bridgehead atoms. The van der Waals surface area contributed by atoms with Gasteiger partial charge in [0.2, 0.25) is 0 Å². The molecular formula is C19H24NO3+. The van der Waals surface area contributed by atoms with Gasteiger partial charge in [0.05, 0.1) is 21.1 Å². The van der Waals surface area contributed by atoms with Gasteiger partial charge in [-0.1, -0.05) is 30.3 Å². The lowest BCUT2D eigenvalue weighted by Crippen LogP contribution is -2.43. The van der Waals surface area contributed by atoms with E-state index < -0.39 is 6.10 Å². The Hall–Kier alpha value is -2.17. The molecule has 2 aromatic carbocycles. The van der Waals surface area contributed by atoms with Gasteiger partial charge in [-0.05, 0) is 24.3 Å². The Morgan fingerprint density at radius 2 is 1.57 bits per heavy atom. The number of hydrogen-bond acceptors (Lipinski definition) is 3. The second-order valence-electron chi connectivity index (χ2n) is 6.66. The van der Waals surface area contributed by atoms with E-state index in [0.29, 0.717) is 27.9 Å². The molecule has 0 fully saturated rings. The van der Waals surface area contributed by atoms with Crippen molar-refractivity contribution in [3.05, 3.63) is 65.7 Å². The van der Waals surface area contributed by atoms with Crippen LogP contribution in [0.2, 0.25) is 0 Å². The summed E-state index contributed by atoms with van der Waals surface area (Å²) in [6.45, 7) is 0.853. The van der Waals surface area contributed by atoms with Crippen LogP contribution in [0.3, 0.4) is 0 Å². The zero-order valence-corrected chi connectivity index (χ0v) is 13.9. The van der Waals surface area contributed by atoms with E-state index >= 15 is 0 Å². The number of ether oxygens (including phenoxy) is 1. The Morgan fingerprint density at radius 3 is 2.13 bits per heavy atom. The van der Waals surface area contributed by atoms with Crippen LogP contribution in [0.1, 0.15) is 15.9 Å². The van der Waals surface area contributed by atoms with Gasteiger partial charge >= 0.3 is 0 Å². The number of aliphatic hydroxyl groups excluding tert-OH is 1. The molecule has 1 N–H and O–H groups in total. The minimum atomic E-state index is -0.527. The van der Waals surface area contributed by atoms with Crippen molar-refractivity contribution >= 4 is 5.78 Å². The van der Waals surface area contributed by atoms with Crippen LogP contribution in [0.15, 0.2) is 54.6 Å². The number of benzene rings is 2. The average Bonchev–Trinajstić information content (AvgIpc) is 2.52. The predicted molar refractivity (Wildman–Crippen MR) is 90.7 cm³/mol. The molecule has 0 aliphatic carbocycles. The molecular weight excluding hydrogens is 290 g/mol. The van der Waals surface area contributed by atoms with Crippen LogP contribution in [0, 0.1) is 0 Å². The first-order chi connectivity index (χ1) is 10.8. The quantitative estimate of drug-likeness (QED) is 0.630. The molecule has 4 nitrogen and oxygen atoms in total. The van der Waals surface area contributed by atoms with Crippen molar-refractivity contribution in [2.75, 3.05) is 34.3 Å². The van der Waals surface area contributed by atoms with Crippen molar-refractivity contribution in [1.82, 2.24) is 0 Å². The molecule has 2 aromatic rings. The third-order valence-corrected chi connectivity index (χ3v) is 3.35. The van der Waals surface area contributed by atoms with Gasteiger partial charge in [-0.2, -0.15) is 0 Å². The number of quaternary nitrogens is 1. The molecule has 0 radical (unpaired) electrons. The maximum absolute atomic E-state index is 12.3. The summed E-state index contributed by atoms with van der Waals surface area (Å²) in [7, 11) is 6.06. The fourth-order valence-electron chi connectivity index (χ4n) is 2.34. The third kappa shape index (κ3) is 5.51. The molecule has 0 saturated carbocycles. The minimum Gasteiger partial charge on any atom is -0.491 e. The smallest absolute Gasteiger partial charge is 0.193 e. The Balaban J connectivity index is 1.94. The Bertz CT molecular complexity index is 630. The Labute approximate surface area is 137 Å². The van der Waals surface area contributed by atoms with Crippen molar-refractivity contribution in [3.8, 4) is 5.75 Å². The van der Waals surface area contributed by atoms with E-state index in [2.05, 4.69) is 0 Å². The first kappa shape index (κ1) is 17.2. The van der Waals surface area contributed by atoms with Crippen molar-refractivity contribution in [2.45, 2.75) is 6.10 Å². The van der Waals surface area contributed by atoms with Gasteiger partial charge in [0.25, 0.3) is 0 Å². The average molecular weight is 314 g/mol. The highest BCUT2D eigenvalue weighted by Crippen LogP contribution is 2.16. The van der Waals surface area contributed by atoms with E-state index in [0.717, 1.165) is 0 Å². The lowest BCUT2D eigenvalue weighted by molar-refractivity contribution is -0.873. The summed E-state index contributed by atoms with van der Waals surface area (Å²) in [6, 6.07) is 16.2. The Kier molecular flexibility index (Phi) is 5.53. The molecule has 23 heavy (non-hydrogen) atoms. The van der Waals surface area contributed by atoms with Crippen molar-refractivity contribution in [3.63, 3.8) is 0 Å². The number of carbonyl (C=O) groups is 1. The first-order valence-corrected chi connectivity index (χ1v) is 7.66. The van der Waals surface area contributed by atoms with E-state index in [4.69, 9.17) is 4.74 Å². The summed E-state index contributed by atoms with van der Waals surface area (Å²) in [5, 5.41) is 9.94. The Morgan fingerprint density at radius 1 is 1.00 bits per heavy atom. The summed E-state index contributed by atoms with van der Waals surface area (Å²) in [4.78, 5) is 12.3. The molecule has 0 amide bonds. The molecule has 1 unspecified atom stereocenters. The van der Waals surface area contributed by atoms with Gasteiger partial charge in [0.15, 0.2) is 5.78 Å². The SMILES string of the molecule is C[N+](C)(C)CC(O)COc1ccc(C(=O)c2ccccc2)cc1. The molecule has 0 aromatic heterocycles. The van der Waals surface area contributed by atoms with E-state index in [9.17, 15) is 9.90 Å². The molecule has 0 heterocycles. The summed E-state index contributed by atoms with van der Waals surface area (Å²) in [6.07, 6.45) is -0.527. The monoisotopic (exact) mass is 314 g/mol. The number of nitrogens with zero attached hydrogens (tertiary/aromatic N) is 1. The topological polar surface area (TPSA) is 46.5 Å².